The standard InChI is InChI=1S/C23H20N4O4/c28-23(25-17-8-10-19(11-9-17)31-18-5-2-1-3-6-18)24-14-16-30-22-13-12-20(26-27-22)21-7-4-15-29-21/h1-13,15H,14,16H2,(H2,24,25,28). The predicted molar refractivity (Wildman–Crippen MR) is 115 cm³/mol. The molecule has 2 N–H and O–H groups in total. The number of carbonyl (C=O) groups is 1. The molecule has 0 unspecified atom stereocenters. The molecular formula is C23H20N4O4. The molecule has 0 saturated carbocycles. The van der Waals surface area contributed by atoms with Crippen LogP contribution in [-0.2, 0) is 0 Å². The Balaban J connectivity index is 1.17. The Hall–Kier alpha value is -4.33. The molecule has 2 aromatic heterocycles. The van der Waals surface area contributed by atoms with Gasteiger partial charge in [-0.25, -0.2) is 4.79 Å². The lowest BCUT2D eigenvalue weighted by Crippen LogP contribution is -2.32. The maximum Gasteiger partial charge on any atom is 0.319 e. The Morgan fingerprint density at radius 3 is 2.39 bits per heavy atom. The molecule has 0 atom stereocenters. The largest absolute Gasteiger partial charge is 0.475 e. The van der Waals surface area contributed by atoms with Crippen molar-refractivity contribution in [2.45, 2.75) is 0 Å². The van der Waals surface area contributed by atoms with Crippen LogP contribution in [0.3, 0.4) is 0 Å². The van der Waals surface area contributed by atoms with Crippen molar-refractivity contribution in [1.29, 1.82) is 0 Å². The van der Waals surface area contributed by atoms with E-state index in [0.717, 1.165) is 5.75 Å². The molecule has 8 heteroatoms. The normalized spacial score (nSPS) is 10.3. The molecule has 156 valence electrons. The molecule has 2 amide bonds. The Morgan fingerprint density at radius 2 is 1.68 bits per heavy atom. The van der Waals surface area contributed by atoms with Crippen LogP contribution in [0, 0.1) is 0 Å². The van der Waals surface area contributed by atoms with Gasteiger partial charge in [-0.2, -0.15) is 0 Å². The Kier molecular flexibility index (Phi) is 6.39. The first kappa shape index (κ1) is 20.0. The molecule has 0 spiro atoms. The van der Waals surface area contributed by atoms with Crippen molar-refractivity contribution in [3.05, 3.63) is 85.1 Å². The van der Waals surface area contributed by atoms with Crippen LogP contribution < -0.4 is 20.1 Å². The number of urea groups is 1. The molecule has 0 radical (unpaired) electrons. The lowest BCUT2D eigenvalue weighted by atomic mass is 10.3. The number of para-hydroxylation sites is 1. The van der Waals surface area contributed by atoms with Crippen molar-refractivity contribution in [2.24, 2.45) is 0 Å². The van der Waals surface area contributed by atoms with Crippen LogP contribution in [0.2, 0.25) is 0 Å². The zero-order chi connectivity index (χ0) is 21.3. The molecule has 0 saturated heterocycles. The minimum absolute atomic E-state index is 0.256. The van der Waals surface area contributed by atoms with Gasteiger partial charge in [0, 0.05) is 11.8 Å². The summed E-state index contributed by atoms with van der Waals surface area (Å²) in [5, 5.41) is 13.5. The number of nitrogens with zero attached hydrogens (tertiary/aromatic N) is 2. The van der Waals surface area contributed by atoms with Gasteiger partial charge in [0.05, 0.1) is 12.8 Å². The zero-order valence-electron chi connectivity index (χ0n) is 16.5. The van der Waals surface area contributed by atoms with Crippen molar-refractivity contribution < 1.29 is 18.7 Å². The highest BCUT2D eigenvalue weighted by atomic mass is 16.5. The van der Waals surface area contributed by atoms with Gasteiger partial charge in [0.1, 0.15) is 23.8 Å². The summed E-state index contributed by atoms with van der Waals surface area (Å²) in [6.07, 6.45) is 1.57. The Bertz CT molecular complexity index is 1080. The van der Waals surface area contributed by atoms with Crippen LogP contribution in [0.15, 0.2) is 89.5 Å². The fourth-order valence-electron chi connectivity index (χ4n) is 2.68. The predicted octanol–water partition coefficient (Wildman–Crippen LogP) is 4.73. The van der Waals surface area contributed by atoms with Crippen molar-refractivity contribution in [2.75, 3.05) is 18.5 Å². The number of anilines is 1. The van der Waals surface area contributed by atoms with Crippen LogP contribution in [-0.4, -0.2) is 29.4 Å². The second kappa shape index (κ2) is 9.93. The van der Waals surface area contributed by atoms with Gasteiger partial charge in [-0.3, -0.25) is 0 Å². The first-order valence-electron chi connectivity index (χ1n) is 9.64. The molecule has 4 aromatic rings. The molecule has 8 nitrogen and oxygen atoms in total. The van der Waals surface area contributed by atoms with E-state index in [0.29, 0.717) is 35.3 Å². The maximum absolute atomic E-state index is 12.0. The van der Waals surface area contributed by atoms with Crippen LogP contribution in [0.1, 0.15) is 0 Å². The van der Waals surface area contributed by atoms with Crippen LogP contribution in [0.25, 0.3) is 11.5 Å². The second-order valence-corrected chi connectivity index (χ2v) is 6.40. The fraction of sp³-hybridized carbons (Fsp3) is 0.0870. The number of furan rings is 1. The number of carbonyl (C=O) groups excluding carboxylic acids is 1. The molecule has 4 rings (SSSR count). The van der Waals surface area contributed by atoms with Crippen LogP contribution in [0.4, 0.5) is 10.5 Å². The third-order valence-electron chi connectivity index (χ3n) is 4.14. The Morgan fingerprint density at radius 1 is 0.871 bits per heavy atom. The number of ether oxygens (including phenoxy) is 2. The van der Waals surface area contributed by atoms with Gasteiger partial charge in [-0.15, -0.1) is 10.2 Å². The molecule has 0 bridgehead atoms. The van der Waals surface area contributed by atoms with Gasteiger partial charge >= 0.3 is 6.03 Å². The fourth-order valence-corrected chi connectivity index (χ4v) is 2.68. The summed E-state index contributed by atoms with van der Waals surface area (Å²) >= 11 is 0. The van der Waals surface area contributed by atoms with Gasteiger partial charge in [0.2, 0.25) is 5.88 Å². The molecule has 0 aliphatic rings. The van der Waals surface area contributed by atoms with E-state index in [1.807, 2.05) is 30.3 Å². The van der Waals surface area contributed by atoms with E-state index >= 15 is 0 Å². The summed E-state index contributed by atoms with van der Waals surface area (Å²) in [7, 11) is 0. The number of amides is 2. The summed E-state index contributed by atoms with van der Waals surface area (Å²) in [4.78, 5) is 12.0. The van der Waals surface area contributed by atoms with Crippen molar-refractivity contribution in [1.82, 2.24) is 15.5 Å². The summed E-state index contributed by atoms with van der Waals surface area (Å²) in [6.45, 7) is 0.564. The average molecular weight is 416 g/mol. The van der Waals surface area contributed by atoms with E-state index in [1.54, 1.807) is 54.8 Å². The van der Waals surface area contributed by atoms with Gasteiger partial charge < -0.3 is 24.5 Å². The minimum Gasteiger partial charge on any atom is -0.475 e. The van der Waals surface area contributed by atoms with E-state index in [2.05, 4.69) is 20.8 Å². The molecular weight excluding hydrogens is 396 g/mol. The smallest absolute Gasteiger partial charge is 0.319 e. The third-order valence-corrected chi connectivity index (χ3v) is 4.14. The zero-order valence-corrected chi connectivity index (χ0v) is 16.5. The van der Waals surface area contributed by atoms with Gasteiger partial charge in [-0.1, -0.05) is 18.2 Å². The highest BCUT2D eigenvalue weighted by Crippen LogP contribution is 2.22. The molecule has 2 aromatic carbocycles. The third kappa shape index (κ3) is 5.83. The number of benzene rings is 2. The van der Waals surface area contributed by atoms with Crippen molar-refractivity contribution in [3.8, 4) is 28.8 Å². The van der Waals surface area contributed by atoms with E-state index in [9.17, 15) is 4.79 Å². The molecule has 31 heavy (non-hydrogen) atoms. The summed E-state index contributed by atoms with van der Waals surface area (Å²) in [6, 6.07) is 23.3. The minimum atomic E-state index is -0.334. The SMILES string of the molecule is O=C(NCCOc1ccc(-c2ccco2)nn1)Nc1ccc(Oc2ccccc2)cc1. The lowest BCUT2D eigenvalue weighted by Gasteiger charge is -2.10. The topological polar surface area (TPSA) is 98.5 Å². The van der Waals surface area contributed by atoms with Gasteiger partial charge in [-0.05, 0) is 54.6 Å². The summed E-state index contributed by atoms with van der Waals surface area (Å²) < 4.78 is 16.5. The quantitative estimate of drug-likeness (QED) is 0.403. The van der Waals surface area contributed by atoms with E-state index in [-0.39, 0.29) is 12.6 Å². The summed E-state index contributed by atoms with van der Waals surface area (Å²) in [5.41, 5.74) is 1.27. The number of hydrogen-bond donors (Lipinski definition) is 2. The molecule has 0 aliphatic carbocycles. The summed E-state index contributed by atoms with van der Waals surface area (Å²) in [5.74, 6) is 2.44. The molecule has 0 fully saturated rings. The van der Waals surface area contributed by atoms with Crippen LogP contribution >= 0.6 is 0 Å². The second-order valence-electron chi connectivity index (χ2n) is 6.40. The van der Waals surface area contributed by atoms with Crippen LogP contribution in [0.5, 0.6) is 17.4 Å². The van der Waals surface area contributed by atoms with Crippen molar-refractivity contribution >= 4 is 11.7 Å². The van der Waals surface area contributed by atoms with E-state index in [4.69, 9.17) is 13.9 Å². The average Bonchev–Trinajstić information content (AvgIpc) is 3.34. The molecule has 0 aliphatic heterocycles. The highest BCUT2D eigenvalue weighted by Gasteiger charge is 2.05. The van der Waals surface area contributed by atoms with E-state index in [1.165, 1.54) is 0 Å². The monoisotopic (exact) mass is 416 g/mol. The first-order chi connectivity index (χ1) is 15.3. The number of hydrogen-bond acceptors (Lipinski definition) is 6. The molecule has 2 heterocycles. The number of rotatable bonds is 8. The van der Waals surface area contributed by atoms with Crippen molar-refractivity contribution in [3.63, 3.8) is 0 Å². The number of nitrogens with one attached hydrogen (secondary N) is 2. The van der Waals surface area contributed by atoms with Gasteiger partial charge in [0.15, 0.2) is 5.76 Å². The van der Waals surface area contributed by atoms with E-state index < -0.39 is 0 Å². The Labute approximate surface area is 178 Å². The maximum atomic E-state index is 12.0. The number of aromatic nitrogens is 2. The van der Waals surface area contributed by atoms with Gasteiger partial charge in [0.25, 0.3) is 0 Å². The first-order valence-corrected chi connectivity index (χ1v) is 9.64. The lowest BCUT2D eigenvalue weighted by molar-refractivity contribution is 0.246. The highest BCUT2D eigenvalue weighted by molar-refractivity contribution is 5.89.